The van der Waals surface area contributed by atoms with Crippen LogP contribution in [0, 0.1) is 16.7 Å². The summed E-state index contributed by atoms with van der Waals surface area (Å²) in [6.45, 7) is 13.3. The summed E-state index contributed by atoms with van der Waals surface area (Å²) in [5.41, 5.74) is 3.39. The van der Waals surface area contributed by atoms with E-state index in [1.165, 1.54) is 11.9 Å². The summed E-state index contributed by atoms with van der Waals surface area (Å²) in [5.74, 6) is 0.616. The zero-order valence-electron chi connectivity index (χ0n) is 13.7. The molecule has 1 aromatic carbocycles. The Morgan fingerprint density at radius 2 is 1.95 bits per heavy atom. The van der Waals surface area contributed by atoms with Gasteiger partial charge in [0.1, 0.15) is 0 Å². The largest absolute Gasteiger partial charge is 0.388 e. The number of nitrogens with one attached hydrogen (secondary N) is 2. The van der Waals surface area contributed by atoms with E-state index in [1.54, 1.807) is 0 Å². The van der Waals surface area contributed by atoms with Crippen molar-refractivity contribution in [3.63, 3.8) is 0 Å². The molecule has 1 rings (SSSR count). The van der Waals surface area contributed by atoms with Crippen LogP contribution in [0.25, 0.3) is 0 Å². The van der Waals surface area contributed by atoms with Crippen molar-refractivity contribution in [2.75, 3.05) is 30.4 Å². The topological polar surface area (TPSA) is 39.1 Å². The Labute approximate surface area is 123 Å². The molecule has 3 nitrogen and oxygen atoms in total. The van der Waals surface area contributed by atoms with Crippen LogP contribution in [0.2, 0.25) is 0 Å². The number of hydrogen-bond donors (Lipinski definition) is 2. The van der Waals surface area contributed by atoms with Gasteiger partial charge in [-0.05, 0) is 29.5 Å². The second-order valence-electron chi connectivity index (χ2n) is 7.00. The van der Waals surface area contributed by atoms with Crippen molar-refractivity contribution < 1.29 is 0 Å². The van der Waals surface area contributed by atoms with Crippen molar-refractivity contribution in [3.05, 3.63) is 23.8 Å². The molecule has 0 aromatic heterocycles. The fourth-order valence-corrected chi connectivity index (χ4v) is 2.37. The van der Waals surface area contributed by atoms with Crippen molar-refractivity contribution in [1.82, 2.24) is 0 Å². The zero-order valence-corrected chi connectivity index (χ0v) is 13.7. The fourth-order valence-electron chi connectivity index (χ4n) is 2.37. The summed E-state index contributed by atoms with van der Waals surface area (Å²) in [6, 6.07) is 6.31. The lowest BCUT2D eigenvalue weighted by atomic mass is 9.95. The van der Waals surface area contributed by atoms with Gasteiger partial charge in [-0.1, -0.05) is 34.6 Å². The fraction of sp³-hybridized carbons (Fsp3) is 0.588. The highest BCUT2D eigenvalue weighted by molar-refractivity contribution is 5.87. The molecule has 0 atom stereocenters. The lowest BCUT2D eigenvalue weighted by molar-refractivity contribution is 0.400. The third kappa shape index (κ3) is 4.87. The molecule has 0 unspecified atom stereocenters. The number of hydrogen-bond acceptors (Lipinski definition) is 3. The summed E-state index contributed by atoms with van der Waals surface area (Å²) >= 11 is 0. The summed E-state index contributed by atoms with van der Waals surface area (Å²) in [5, 5.41) is 10.7. The number of benzene rings is 1. The Hall–Kier alpha value is -1.51. The van der Waals surface area contributed by atoms with Crippen LogP contribution in [0.1, 0.15) is 40.2 Å². The average molecular weight is 275 g/mol. The molecule has 0 radical (unpaired) electrons. The van der Waals surface area contributed by atoms with Gasteiger partial charge in [0.2, 0.25) is 0 Å². The molecule has 0 aliphatic rings. The van der Waals surface area contributed by atoms with Crippen LogP contribution in [0.3, 0.4) is 0 Å². The lowest BCUT2D eigenvalue weighted by Crippen LogP contribution is -2.35. The normalized spacial score (nSPS) is 11.6. The first kappa shape index (κ1) is 16.5. The van der Waals surface area contributed by atoms with Gasteiger partial charge < -0.3 is 15.6 Å². The second kappa shape index (κ2) is 6.78. The van der Waals surface area contributed by atoms with Crippen molar-refractivity contribution in [2.45, 2.75) is 34.6 Å². The first-order valence-corrected chi connectivity index (χ1v) is 7.34. The molecule has 0 saturated carbocycles. The van der Waals surface area contributed by atoms with Gasteiger partial charge in [-0.2, -0.15) is 0 Å². The molecule has 0 spiro atoms. The van der Waals surface area contributed by atoms with Crippen molar-refractivity contribution in [2.24, 2.45) is 11.3 Å². The van der Waals surface area contributed by atoms with Gasteiger partial charge in [-0.15, -0.1) is 0 Å². The van der Waals surface area contributed by atoms with Crippen LogP contribution in [0.5, 0.6) is 0 Å². The van der Waals surface area contributed by atoms with Crippen LogP contribution in [-0.4, -0.2) is 26.4 Å². The van der Waals surface area contributed by atoms with E-state index in [2.05, 4.69) is 63.0 Å². The molecule has 0 aliphatic carbocycles. The third-order valence-corrected chi connectivity index (χ3v) is 3.08. The summed E-state index contributed by atoms with van der Waals surface area (Å²) in [7, 11) is 1.89. The highest BCUT2D eigenvalue weighted by atomic mass is 15.1. The van der Waals surface area contributed by atoms with Crippen LogP contribution in [0.4, 0.5) is 11.4 Å². The van der Waals surface area contributed by atoms with Gasteiger partial charge in [0.25, 0.3) is 0 Å². The molecule has 20 heavy (non-hydrogen) atoms. The summed E-state index contributed by atoms with van der Waals surface area (Å²) in [6.07, 6.45) is 1.42. The van der Waals surface area contributed by atoms with Gasteiger partial charge in [0, 0.05) is 43.3 Å². The maximum absolute atomic E-state index is 7.56. The van der Waals surface area contributed by atoms with E-state index in [0.717, 1.165) is 24.3 Å². The van der Waals surface area contributed by atoms with Crippen molar-refractivity contribution in [3.8, 4) is 0 Å². The molecule has 0 fully saturated rings. The highest BCUT2D eigenvalue weighted by Crippen LogP contribution is 2.26. The summed E-state index contributed by atoms with van der Waals surface area (Å²) < 4.78 is 0. The van der Waals surface area contributed by atoms with Gasteiger partial charge >= 0.3 is 0 Å². The molecule has 0 bridgehead atoms. The van der Waals surface area contributed by atoms with Crippen LogP contribution < -0.4 is 10.2 Å². The maximum Gasteiger partial charge on any atom is 0.0428 e. The average Bonchev–Trinajstić information content (AvgIpc) is 2.35. The third-order valence-electron chi connectivity index (χ3n) is 3.08. The first-order valence-electron chi connectivity index (χ1n) is 7.34. The van der Waals surface area contributed by atoms with Crippen LogP contribution >= 0.6 is 0 Å². The number of nitrogens with zero attached hydrogens (tertiary/aromatic N) is 1. The smallest absolute Gasteiger partial charge is 0.0428 e. The molecular weight excluding hydrogens is 246 g/mol. The Kier molecular flexibility index (Phi) is 5.61. The minimum absolute atomic E-state index is 0.251. The van der Waals surface area contributed by atoms with Gasteiger partial charge in [0.05, 0.1) is 0 Å². The highest BCUT2D eigenvalue weighted by Gasteiger charge is 2.18. The van der Waals surface area contributed by atoms with E-state index < -0.39 is 0 Å². The van der Waals surface area contributed by atoms with Gasteiger partial charge in [-0.25, -0.2) is 0 Å². The van der Waals surface area contributed by atoms with Gasteiger partial charge in [0.15, 0.2) is 0 Å². The Bertz CT molecular complexity index is 444. The molecule has 0 aliphatic heterocycles. The monoisotopic (exact) mass is 275 g/mol. The van der Waals surface area contributed by atoms with E-state index >= 15 is 0 Å². The van der Waals surface area contributed by atoms with Crippen molar-refractivity contribution >= 4 is 17.6 Å². The number of anilines is 2. The Balaban J connectivity index is 3.09. The number of rotatable bonds is 6. The van der Waals surface area contributed by atoms with E-state index in [-0.39, 0.29) is 5.41 Å². The standard InChI is InChI=1S/C17H29N3/c1-13(2)11-20(12-17(3,4)5)15-7-8-16(19-6)14(9-15)10-18/h7-10,13,18-19H,11-12H2,1-6H3. The molecule has 3 heteroatoms. The molecule has 0 saturated heterocycles. The van der Waals surface area contributed by atoms with Crippen LogP contribution in [0.15, 0.2) is 18.2 Å². The minimum atomic E-state index is 0.251. The molecule has 2 N–H and O–H groups in total. The zero-order chi connectivity index (χ0) is 15.3. The van der Waals surface area contributed by atoms with Crippen molar-refractivity contribution in [1.29, 1.82) is 5.41 Å². The Morgan fingerprint density at radius 3 is 2.40 bits per heavy atom. The summed E-state index contributed by atoms with van der Waals surface area (Å²) in [4.78, 5) is 2.43. The lowest BCUT2D eigenvalue weighted by Gasteiger charge is -2.33. The predicted octanol–water partition coefficient (Wildman–Crippen LogP) is 4.23. The maximum atomic E-state index is 7.56. The molecule has 112 valence electrons. The minimum Gasteiger partial charge on any atom is -0.388 e. The molecular formula is C17H29N3. The van der Waals surface area contributed by atoms with E-state index in [4.69, 9.17) is 5.41 Å². The van der Waals surface area contributed by atoms with E-state index in [9.17, 15) is 0 Å². The quantitative estimate of drug-likeness (QED) is 0.762. The van der Waals surface area contributed by atoms with Crippen LogP contribution in [-0.2, 0) is 0 Å². The predicted molar refractivity (Wildman–Crippen MR) is 90.4 cm³/mol. The van der Waals surface area contributed by atoms with E-state index in [1.807, 2.05) is 7.05 Å². The second-order valence-corrected chi connectivity index (χ2v) is 7.00. The SMILES string of the molecule is CNc1ccc(N(CC(C)C)CC(C)(C)C)cc1C=N. The molecule has 1 aromatic rings. The molecule has 0 heterocycles. The van der Waals surface area contributed by atoms with Gasteiger partial charge in [-0.3, -0.25) is 0 Å². The molecule has 0 amide bonds. The first-order chi connectivity index (χ1) is 9.26. The Morgan fingerprint density at radius 1 is 1.30 bits per heavy atom. The van der Waals surface area contributed by atoms with E-state index in [0.29, 0.717) is 5.92 Å².